The highest BCUT2D eigenvalue weighted by molar-refractivity contribution is 7.82. The fourth-order valence-corrected chi connectivity index (χ4v) is 1.66. The van der Waals surface area contributed by atoms with Crippen LogP contribution in [0, 0.1) is 0 Å². The van der Waals surface area contributed by atoms with Gasteiger partial charge in [-0.2, -0.15) is 12.6 Å². The molecule has 1 unspecified atom stereocenters. The van der Waals surface area contributed by atoms with Crippen molar-refractivity contribution < 1.29 is 14.3 Å². The van der Waals surface area contributed by atoms with Gasteiger partial charge < -0.3 is 4.74 Å². The van der Waals surface area contributed by atoms with Crippen molar-refractivity contribution in [2.24, 2.45) is 5.11 Å². The molecular weight excluding hydrogens is 290 g/mol. The van der Waals surface area contributed by atoms with Crippen LogP contribution in [0.4, 0.5) is 5.69 Å². The molecule has 7 heteroatoms. The Hall–Kier alpha value is -2.24. The van der Waals surface area contributed by atoms with Crippen LogP contribution in [-0.2, 0) is 14.3 Å². The molecule has 1 aromatic carbocycles. The largest absolute Gasteiger partial charge is 0.465 e. The summed E-state index contributed by atoms with van der Waals surface area (Å²) in [6, 6.07) is 6.85. The average molecular weight is 305 g/mol. The number of carbonyl (C=O) groups excluding carboxylic acids is 2. The number of benzene rings is 1. The smallest absolute Gasteiger partial charge is 0.326 e. The van der Waals surface area contributed by atoms with E-state index in [1.54, 1.807) is 43.3 Å². The second kappa shape index (κ2) is 8.84. The van der Waals surface area contributed by atoms with E-state index in [2.05, 4.69) is 22.7 Å². The average Bonchev–Trinajstić information content (AvgIpc) is 2.48. The van der Waals surface area contributed by atoms with Crippen molar-refractivity contribution in [2.75, 3.05) is 6.61 Å². The number of rotatable bonds is 7. The Morgan fingerprint density at radius 2 is 2.10 bits per heavy atom. The molecule has 0 N–H and O–H groups in total. The quantitative estimate of drug-likeness (QED) is 0.209. The van der Waals surface area contributed by atoms with Crippen LogP contribution in [0.2, 0.25) is 0 Å². The number of ether oxygens (including phenoxy) is 1. The molecule has 21 heavy (non-hydrogen) atoms. The van der Waals surface area contributed by atoms with Crippen molar-refractivity contribution in [3.63, 3.8) is 0 Å². The summed E-state index contributed by atoms with van der Waals surface area (Å²) in [5, 5.41) is 2.40. The molecule has 110 valence electrons. The van der Waals surface area contributed by atoms with Crippen molar-refractivity contribution in [1.29, 1.82) is 0 Å². The molecule has 0 spiro atoms. The molecule has 0 radical (unpaired) electrons. The summed E-state index contributed by atoms with van der Waals surface area (Å²) >= 11 is 3.95. The van der Waals surface area contributed by atoms with Gasteiger partial charge in [0.2, 0.25) is 0 Å². The topological polar surface area (TPSA) is 92.1 Å². The summed E-state index contributed by atoms with van der Waals surface area (Å²) in [5.74, 6) is -0.948. The minimum absolute atomic E-state index is 0.0884. The maximum Gasteiger partial charge on any atom is 0.326 e. The first kappa shape index (κ1) is 16.8. The van der Waals surface area contributed by atoms with E-state index in [0.29, 0.717) is 5.69 Å². The van der Waals surface area contributed by atoms with Crippen LogP contribution in [0.15, 0.2) is 35.5 Å². The number of thiol groups is 1. The van der Waals surface area contributed by atoms with Gasteiger partial charge in [-0.15, -0.1) is 0 Å². The van der Waals surface area contributed by atoms with Gasteiger partial charge >= 0.3 is 5.97 Å². The summed E-state index contributed by atoms with van der Waals surface area (Å²) in [5.41, 5.74) is 9.66. The van der Waals surface area contributed by atoms with Crippen LogP contribution >= 0.6 is 12.6 Å². The SMILES string of the molecule is CCOC(=O)C(S)C(=O)C/C=C/c1ccc(N=[N+]=[N-])cc1. The highest BCUT2D eigenvalue weighted by atomic mass is 32.1. The zero-order valence-corrected chi connectivity index (χ0v) is 12.4. The Kier molecular flexibility index (Phi) is 7.08. The Labute approximate surface area is 127 Å². The van der Waals surface area contributed by atoms with Gasteiger partial charge in [-0.3, -0.25) is 9.59 Å². The Bertz CT molecular complexity index is 578. The van der Waals surface area contributed by atoms with Gasteiger partial charge in [0.05, 0.1) is 6.61 Å². The molecule has 6 nitrogen and oxygen atoms in total. The maximum atomic E-state index is 11.7. The highest BCUT2D eigenvalue weighted by Gasteiger charge is 2.22. The Morgan fingerprint density at radius 3 is 2.67 bits per heavy atom. The number of ketones is 1. The number of hydrogen-bond acceptors (Lipinski definition) is 5. The van der Waals surface area contributed by atoms with Crippen LogP contribution < -0.4 is 0 Å². The third kappa shape index (κ3) is 5.72. The molecule has 0 fully saturated rings. The molecule has 0 saturated heterocycles. The summed E-state index contributed by atoms with van der Waals surface area (Å²) < 4.78 is 4.73. The molecule has 0 aromatic heterocycles. The number of carbonyl (C=O) groups is 2. The van der Waals surface area contributed by atoms with E-state index >= 15 is 0 Å². The summed E-state index contributed by atoms with van der Waals surface area (Å²) in [4.78, 5) is 25.7. The third-order valence-corrected chi connectivity index (χ3v) is 3.00. The fourth-order valence-electron chi connectivity index (χ4n) is 1.48. The first-order chi connectivity index (χ1) is 10.1. The van der Waals surface area contributed by atoms with E-state index < -0.39 is 11.2 Å². The first-order valence-corrected chi connectivity index (χ1v) is 6.79. The van der Waals surface area contributed by atoms with Crippen LogP contribution in [0.5, 0.6) is 0 Å². The number of allylic oxidation sites excluding steroid dienone is 1. The van der Waals surface area contributed by atoms with Gasteiger partial charge in [0, 0.05) is 17.0 Å². The summed E-state index contributed by atoms with van der Waals surface area (Å²) in [6.45, 7) is 1.89. The van der Waals surface area contributed by atoms with Gasteiger partial charge in [0.1, 0.15) is 0 Å². The summed E-state index contributed by atoms with van der Waals surface area (Å²) in [6.07, 6.45) is 3.47. The Morgan fingerprint density at radius 1 is 1.43 bits per heavy atom. The van der Waals surface area contributed by atoms with Crippen LogP contribution in [0.3, 0.4) is 0 Å². The van der Waals surface area contributed by atoms with Gasteiger partial charge in [0.15, 0.2) is 11.0 Å². The minimum atomic E-state index is -1.05. The van der Waals surface area contributed by atoms with E-state index in [9.17, 15) is 9.59 Å². The van der Waals surface area contributed by atoms with Crippen molar-refractivity contribution in [2.45, 2.75) is 18.6 Å². The van der Waals surface area contributed by atoms with Gasteiger partial charge in [-0.1, -0.05) is 41.5 Å². The van der Waals surface area contributed by atoms with Crippen LogP contribution in [0.25, 0.3) is 16.5 Å². The van der Waals surface area contributed by atoms with Crippen molar-refractivity contribution >= 4 is 36.1 Å². The van der Waals surface area contributed by atoms with Crippen LogP contribution in [0.1, 0.15) is 18.9 Å². The number of hydrogen-bond donors (Lipinski definition) is 1. The van der Waals surface area contributed by atoms with E-state index in [1.165, 1.54) is 0 Å². The zero-order valence-electron chi connectivity index (χ0n) is 11.5. The molecule has 0 aliphatic carbocycles. The molecule has 0 aliphatic rings. The standard InChI is InChI=1S/C14H15N3O3S/c1-2-20-14(19)13(21)12(18)5-3-4-10-6-8-11(9-7-10)16-17-15/h3-4,6-9,13,21H,2,5H2,1H3/b4-3+. The van der Waals surface area contributed by atoms with Crippen molar-refractivity contribution in [1.82, 2.24) is 0 Å². The number of azide groups is 1. The number of esters is 1. The molecule has 1 rings (SSSR count). The second-order valence-corrected chi connectivity index (χ2v) is 4.52. The lowest BCUT2D eigenvalue weighted by Crippen LogP contribution is -2.26. The maximum absolute atomic E-state index is 11.7. The van der Waals surface area contributed by atoms with E-state index in [0.717, 1.165) is 5.56 Å². The lowest BCUT2D eigenvalue weighted by Gasteiger charge is -2.06. The predicted octanol–water partition coefficient (Wildman–Crippen LogP) is 3.46. The van der Waals surface area contributed by atoms with Gasteiger partial charge in [-0.25, -0.2) is 0 Å². The molecular formula is C14H15N3O3S. The van der Waals surface area contributed by atoms with Gasteiger partial charge in [0.25, 0.3) is 0 Å². The van der Waals surface area contributed by atoms with Crippen LogP contribution in [-0.4, -0.2) is 23.6 Å². The van der Waals surface area contributed by atoms with E-state index in [-0.39, 0.29) is 18.8 Å². The summed E-state index contributed by atoms with van der Waals surface area (Å²) in [7, 11) is 0. The molecule has 0 aliphatic heterocycles. The molecule has 1 aromatic rings. The third-order valence-electron chi connectivity index (χ3n) is 2.50. The molecule has 1 atom stereocenters. The second-order valence-electron chi connectivity index (χ2n) is 4.01. The lowest BCUT2D eigenvalue weighted by molar-refractivity contribution is -0.144. The first-order valence-electron chi connectivity index (χ1n) is 6.27. The van der Waals surface area contributed by atoms with Crippen molar-refractivity contribution in [3.8, 4) is 0 Å². The molecule has 0 heterocycles. The predicted molar refractivity (Wildman–Crippen MR) is 83.3 cm³/mol. The molecule has 0 saturated carbocycles. The monoisotopic (exact) mass is 305 g/mol. The Balaban J connectivity index is 2.55. The lowest BCUT2D eigenvalue weighted by atomic mass is 10.1. The van der Waals surface area contributed by atoms with E-state index in [4.69, 9.17) is 10.3 Å². The van der Waals surface area contributed by atoms with Gasteiger partial charge in [-0.05, 0) is 18.0 Å². The van der Waals surface area contributed by atoms with E-state index in [1.807, 2.05) is 0 Å². The minimum Gasteiger partial charge on any atom is -0.465 e. The van der Waals surface area contributed by atoms with Crippen molar-refractivity contribution in [3.05, 3.63) is 46.3 Å². The molecule has 0 amide bonds. The highest BCUT2D eigenvalue weighted by Crippen LogP contribution is 2.14. The normalized spacial score (nSPS) is 11.7. The zero-order chi connectivity index (χ0) is 15.7. The number of nitrogens with zero attached hydrogens (tertiary/aromatic N) is 3. The fraction of sp³-hybridized carbons (Fsp3) is 0.286. The molecule has 0 bridgehead atoms. The number of Topliss-reactive ketones (excluding diaryl/α,β-unsaturated/α-hetero) is 1.